The molecule has 3 amide bonds. The number of anilines is 3. The summed E-state index contributed by atoms with van der Waals surface area (Å²) in [5, 5.41) is 12.4. The van der Waals surface area contributed by atoms with Crippen molar-refractivity contribution in [2.24, 2.45) is 7.05 Å². The van der Waals surface area contributed by atoms with E-state index in [1.807, 2.05) is 0 Å². The minimum atomic E-state index is -0.859. The Hall–Kier alpha value is -4.07. The molecule has 2 aromatic heterocycles. The zero-order valence-corrected chi connectivity index (χ0v) is 24.3. The first-order chi connectivity index (χ1) is 19.3. The first-order valence-corrected chi connectivity index (χ1v) is 13.9. The van der Waals surface area contributed by atoms with E-state index in [1.54, 1.807) is 32.5 Å². The van der Waals surface area contributed by atoms with Crippen molar-refractivity contribution in [1.82, 2.24) is 20.1 Å². The lowest BCUT2D eigenvalue weighted by atomic mass is 10.1. The average molecular weight is 590 g/mol. The summed E-state index contributed by atoms with van der Waals surface area (Å²) in [4.78, 5) is 43.9. The molecule has 220 valence electrons. The highest BCUT2D eigenvalue weighted by Crippen LogP contribution is 2.36. The fraction of sp³-hybridized carbons (Fsp3) is 0.444. The van der Waals surface area contributed by atoms with Gasteiger partial charge in [0.2, 0.25) is 5.91 Å². The van der Waals surface area contributed by atoms with Crippen molar-refractivity contribution >= 4 is 45.8 Å². The second kappa shape index (κ2) is 12.2. The van der Waals surface area contributed by atoms with Gasteiger partial charge in [0.15, 0.2) is 11.5 Å². The Morgan fingerprint density at radius 3 is 2.46 bits per heavy atom. The summed E-state index contributed by atoms with van der Waals surface area (Å²) in [7, 11) is 1.75. The standard InChI is InChI=1S/C27H33F2N7O4S/c1-15(37)31-16-8-7-12-36(13-11-16)25-19(14-30-35(25)5)32-22(38)21-24(34-26(39)40-27(2,3)4)41-23(33-21)20-17(28)9-6-10-18(20)29/h6,9-10,14,16H,7-8,11-13H2,1-5H3,(H,31,37)(H,32,38)(H,34,39). The van der Waals surface area contributed by atoms with Gasteiger partial charge in [-0.1, -0.05) is 17.4 Å². The first kappa shape index (κ1) is 29.9. The summed E-state index contributed by atoms with van der Waals surface area (Å²) in [5.74, 6) is -1.86. The van der Waals surface area contributed by atoms with E-state index in [-0.39, 0.29) is 27.7 Å². The van der Waals surface area contributed by atoms with E-state index >= 15 is 0 Å². The fourth-order valence-corrected chi connectivity index (χ4v) is 5.58. The lowest BCUT2D eigenvalue weighted by Gasteiger charge is -2.24. The normalized spacial score (nSPS) is 15.7. The van der Waals surface area contributed by atoms with Crippen LogP contribution in [0.4, 0.5) is 30.1 Å². The number of carbonyl (C=O) groups is 3. The summed E-state index contributed by atoms with van der Waals surface area (Å²) in [6, 6.07) is 3.44. The summed E-state index contributed by atoms with van der Waals surface area (Å²) in [5.41, 5.74) is -1.08. The van der Waals surface area contributed by atoms with Crippen molar-refractivity contribution < 1.29 is 27.9 Å². The zero-order valence-electron chi connectivity index (χ0n) is 23.5. The lowest BCUT2D eigenvalue weighted by molar-refractivity contribution is -0.119. The maximum absolute atomic E-state index is 14.6. The van der Waals surface area contributed by atoms with Crippen LogP contribution in [0.2, 0.25) is 0 Å². The van der Waals surface area contributed by atoms with Crippen molar-refractivity contribution in [1.29, 1.82) is 0 Å². The maximum atomic E-state index is 14.6. The molecule has 1 saturated heterocycles. The van der Waals surface area contributed by atoms with E-state index in [2.05, 4.69) is 30.9 Å². The Bertz CT molecular complexity index is 1430. The molecule has 0 bridgehead atoms. The van der Waals surface area contributed by atoms with Gasteiger partial charge in [-0.2, -0.15) is 5.10 Å². The molecule has 1 aromatic carbocycles. The number of benzene rings is 1. The number of nitrogens with one attached hydrogen (secondary N) is 3. The van der Waals surface area contributed by atoms with Crippen LogP contribution < -0.4 is 20.9 Å². The van der Waals surface area contributed by atoms with Gasteiger partial charge in [0.05, 0.1) is 11.8 Å². The minimum Gasteiger partial charge on any atom is -0.444 e. The quantitative estimate of drug-likeness (QED) is 0.372. The molecule has 1 atom stereocenters. The molecule has 0 saturated carbocycles. The average Bonchev–Trinajstić information content (AvgIpc) is 3.34. The zero-order chi connectivity index (χ0) is 29.9. The van der Waals surface area contributed by atoms with Crippen LogP contribution in [0.1, 0.15) is 57.4 Å². The minimum absolute atomic E-state index is 0.0345. The Morgan fingerprint density at radius 1 is 1.10 bits per heavy atom. The van der Waals surface area contributed by atoms with E-state index < -0.39 is 34.8 Å². The number of thiazole rings is 1. The summed E-state index contributed by atoms with van der Waals surface area (Å²) >= 11 is 0.750. The van der Waals surface area contributed by atoms with Crippen LogP contribution in [0.25, 0.3) is 10.6 Å². The van der Waals surface area contributed by atoms with Gasteiger partial charge in [-0.3, -0.25) is 19.6 Å². The number of nitrogens with zero attached hydrogens (tertiary/aromatic N) is 4. The smallest absolute Gasteiger partial charge is 0.412 e. The van der Waals surface area contributed by atoms with E-state index in [4.69, 9.17) is 4.74 Å². The van der Waals surface area contributed by atoms with Crippen molar-refractivity contribution in [3.05, 3.63) is 41.7 Å². The van der Waals surface area contributed by atoms with E-state index in [0.29, 0.717) is 31.0 Å². The van der Waals surface area contributed by atoms with Crippen molar-refractivity contribution in [2.75, 3.05) is 28.6 Å². The van der Waals surface area contributed by atoms with Crippen LogP contribution >= 0.6 is 11.3 Å². The molecule has 4 rings (SSSR count). The molecule has 0 radical (unpaired) electrons. The number of hydrogen-bond donors (Lipinski definition) is 3. The number of aromatic nitrogens is 3. The van der Waals surface area contributed by atoms with E-state index in [9.17, 15) is 23.2 Å². The molecule has 1 fully saturated rings. The third-order valence-electron chi connectivity index (χ3n) is 6.22. The summed E-state index contributed by atoms with van der Waals surface area (Å²) in [6.07, 6.45) is 3.00. The largest absolute Gasteiger partial charge is 0.444 e. The Balaban J connectivity index is 1.63. The molecule has 1 aliphatic rings. The molecule has 14 heteroatoms. The number of amides is 3. The first-order valence-electron chi connectivity index (χ1n) is 13.1. The molecule has 0 aliphatic carbocycles. The van der Waals surface area contributed by atoms with Crippen molar-refractivity contribution in [2.45, 2.75) is 58.6 Å². The van der Waals surface area contributed by atoms with Gasteiger partial charge >= 0.3 is 6.09 Å². The van der Waals surface area contributed by atoms with E-state index in [1.165, 1.54) is 19.2 Å². The van der Waals surface area contributed by atoms with Crippen LogP contribution in [-0.2, 0) is 16.6 Å². The van der Waals surface area contributed by atoms with E-state index in [0.717, 1.165) is 36.3 Å². The van der Waals surface area contributed by atoms with Gasteiger partial charge in [-0.05, 0) is 52.2 Å². The third-order valence-corrected chi connectivity index (χ3v) is 7.21. The summed E-state index contributed by atoms with van der Waals surface area (Å²) in [6.45, 7) is 7.83. The molecule has 3 heterocycles. The molecule has 1 unspecified atom stereocenters. The number of halogens is 2. The van der Waals surface area contributed by atoms with Crippen LogP contribution in [0, 0.1) is 11.6 Å². The molecule has 3 aromatic rings. The number of rotatable bonds is 6. The third kappa shape index (κ3) is 7.37. The molecule has 11 nitrogen and oxygen atoms in total. The van der Waals surface area contributed by atoms with Crippen LogP contribution in [0.15, 0.2) is 24.4 Å². The number of hydrogen-bond acceptors (Lipinski definition) is 8. The highest BCUT2D eigenvalue weighted by Gasteiger charge is 2.28. The Labute approximate surface area is 240 Å². The van der Waals surface area contributed by atoms with Gasteiger partial charge in [-0.15, -0.1) is 0 Å². The topological polar surface area (TPSA) is 130 Å². The second-order valence-corrected chi connectivity index (χ2v) is 11.7. The molecular weight excluding hydrogens is 556 g/mol. The molecular formula is C27H33F2N7O4S. The van der Waals surface area contributed by atoms with Crippen molar-refractivity contribution in [3.63, 3.8) is 0 Å². The molecule has 41 heavy (non-hydrogen) atoms. The fourth-order valence-electron chi connectivity index (χ4n) is 4.58. The molecule has 1 aliphatic heterocycles. The van der Waals surface area contributed by atoms with Gasteiger partial charge in [0.25, 0.3) is 5.91 Å². The number of ether oxygens (including phenoxy) is 1. The maximum Gasteiger partial charge on any atom is 0.412 e. The predicted octanol–water partition coefficient (Wildman–Crippen LogP) is 4.92. The highest BCUT2D eigenvalue weighted by atomic mass is 32.1. The highest BCUT2D eigenvalue weighted by molar-refractivity contribution is 7.19. The molecule has 0 spiro atoms. The van der Waals surface area contributed by atoms with Gasteiger partial charge < -0.3 is 20.3 Å². The number of aryl methyl sites for hydroxylation is 1. The Morgan fingerprint density at radius 2 is 1.80 bits per heavy atom. The lowest BCUT2D eigenvalue weighted by Crippen LogP contribution is -2.34. The summed E-state index contributed by atoms with van der Waals surface area (Å²) < 4.78 is 36.1. The van der Waals surface area contributed by atoms with Crippen LogP contribution in [0.3, 0.4) is 0 Å². The monoisotopic (exact) mass is 589 g/mol. The predicted molar refractivity (Wildman–Crippen MR) is 152 cm³/mol. The van der Waals surface area contributed by atoms with Gasteiger partial charge in [0.1, 0.15) is 32.9 Å². The molecule has 3 N–H and O–H groups in total. The van der Waals surface area contributed by atoms with Gasteiger partial charge in [-0.25, -0.2) is 18.6 Å². The van der Waals surface area contributed by atoms with Crippen LogP contribution in [-0.4, -0.2) is 57.4 Å². The Kier molecular flexibility index (Phi) is 8.90. The van der Waals surface area contributed by atoms with Gasteiger partial charge in [0, 0.05) is 33.1 Å². The van der Waals surface area contributed by atoms with Crippen molar-refractivity contribution in [3.8, 4) is 10.6 Å². The SMILES string of the molecule is CC(=O)NC1CCCN(c2c(NC(=O)c3nc(-c4c(F)cccc4F)sc3NC(=O)OC(C)(C)C)cnn2C)CC1. The second-order valence-electron chi connectivity index (χ2n) is 10.7. The van der Waals surface area contributed by atoms with Crippen LogP contribution in [0.5, 0.6) is 0 Å². The number of carbonyl (C=O) groups excluding carboxylic acids is 3.